The van der Waals surface area contributed by atoms with E-state index in [1.165, 1.54) is 58.2 Å². The zero-order valence-electron chi connectivity index (χ0n) is 12.8. The summed E-state index contributed by atoms with van der Waals surface area (Å²) in [5.41, 5.74) is 6.59. The van der Waals surface area contributed by atoms with Gasteiger partial charge in [0.1, 0.15) is 0 Å². The van der Waals surface area contributed by atoms with Crippen LogP contribution in [-0.2, 0) is 0 Å². The van der Waals surface area contributed by atoms with Gasteiger partial charge in [-0.25, -0.2) is 0 Å². The van der Waals surface area contributed by atoms with E-state index in [2.05, 4.69) is 23.9 Å². The van der Waals surface area contributed by atoms with Gasteiger partial charge in [0.25, 0.3) is 0 Å². The Labute approximate surface area is 118 Å². The highest BCUT2D eigenvalue weighted by Gasteiger charge is 2.52. The summed E-state index contributed by atoms with van der Waals surface area (Å²) in [6.45, 7) is 4.70. The first-order valence-corrected chi connectivity index (χ1v) is 8.24. The minimum Gasteiger partial charge on any atom is -0.329 e. The van der Waals surface area contributed by atoms with E-state index in [0.717, 1.165) is 24.3 Å². The quantitative estimate of drug-likeness (QED) is 0.841. The number of nitrogens with two attached hydrogens (primary N) is 1. The lowest BCUT2D eigenvalue weighted by Crippen LogP contribution is -2.57. The second kappa shape index (κ2) is 5.34. The van der Waals surface area contributed by atoms with Gasteiger partial charge in [0.2, 0.25) is 0 Å². The van der Waals surface area contributed by atoms with Gasteiger partial charge in [0, 0.05) is 18.6 Å². The van der Waals surface area contributed by atoms with Gasteiger partial charge >= 0.3 is 0 Å². The average molecular weight is 265 g/mol. The van der Waals surface area contributed by atoms with Gasteiger partial charge in [-0.05, 0) is 77.0 Å². The molecule has 3 aliphatic rings. The Balaban J connectivity index is 1.61. The second-order valence-electron chi connectivity index (χ2n) is 7.51. The summed E-state index contributed by atoms with van der Waals surface area (Å²) in [7, 11) is 4.60. The first-order chi connectivity index (χ1) is 9.14. The van der Waals surface area contributed by atoms with Gasteiger partial charge in [-0.1, -0.05) is 6.42 Å². The van der Waals surface area contributed by atoms with Crippen molar-refractivity contribution in [2.75, 3.05) is 40.3 Å². The Bertz CT molecular complexity index is 311. The molecule has 1 aliphatic heterocycles. The molecule has 3 nitrogen and oxygen atoms in total. The number of fused-ring (bicyclic) bond motifs is 2. The van der Waals surface area contributed by atoms with E-state index in [9.17, 15) is 0 Å². The van der Waals surface area contributed by atoms with Crippen LogP contribution in [0.5, 0.6) is 0 Å². The molecule has 110 valence electrons. The Morgan fingerprint density at radius 2 is 1.95 bits per heavy atom. The third-order valence-electron chi connectivity index (χ3n) is 6.43. The Hall–Kier alpha value is -0.120. The van der Waals surface area contributed by atoms with Crippen molar-refractivity contribution in [2.24, 2.45) is 23.5 Å². The summed E-state index contributed by atoms with van der Waals surface area (Å²) in [4.78, 5) is 5.14. The molecule has 3 atom stereocenters. The van der Waals surface area contributed by atoms with E-state index in [4.69, 9.17) is 5.73 Å². The van der Waals surface area contributed by atoms with Gasteiger partial charge in [0.05, 0.1) is 0 Å². The summed E-state index contributed by atoms with van der Waals surface area (Å²) in [6.07, 6.45) is 8.46. The van der Waals surface area contributed by atoms with Crippen LogP contribution in [0.25, 0.3) is 0 Å². The second-order valence-corrected chi connectivity index (χ2v) is 7.51. The van der Waals surface area contributed by atoms with Crippen molar-refractivity contribution < 1.29 is 0 Å². The summed E-state index contributed by atoms with van der Waals surface area (Å²) in [5, 5.41) is 0. The topological polar surface area (TPSA) is 32.5 Å². The van der Waals surface area contributed by atoms with E-state index in [0.29, 0.717) is 5.54 Å². The van der Waals surface area contributed by atoms with Gasteiger partial charge in [-0.3, -0.25) is 4.90 Å². The molecule has 3 unspecified atom stereocenters. The van der Waals surface area contributed by atoms with Crippen molar-refractivity contribution in [3.05, 3.63) is 0 Å². The normalized spacial score (nSPS) is 40.4. The number of likely N-dealkylation sites (N-methyl/N-ethyl adjacent to an activating group) is 1. The van der Waals surface area contributed by atoms with E-state index < -0.39 is 0 Å². The summed E-state index contributed by atoms with van der Waals surface area (Å²) < 4.78 is 0. The molecule has 2 aliphatic carbocycles. The average Bonchev–Trinajstić information content (AvgIpc) is 3.02. The van der Waals surface area contributed by atoms with Gasteiger partial charge in [0.15, 0.2) is 0 Å². The molecular formula is C16H31N3. The van der Waals surface area contributed by atoms with Crippen molar-refractivity contribution in [3.63, 3.8) is 0 Å². The minimum absolute atomic E-state index is 0.353. The lowest BCUT2D eigenvalue weighted by molar-refractivity contribution is 0.0416. The number of likely N-dealkylation sites (tertiary alicyclic amines) is 1. The standard InChI is InChI=1S/C16H31N3/c1-18-7-5-13(6-8-18)11-19(2)16(12-17)10-14-3-4-15(16)9-14/h13-15H,3-12,17H2,1-2H3. The molecule has 0 spiro atoms. The first kappa shape index (κ1) is 13.8. The molecule has 3 heteroatoms. The maximum atomic E-state index is 6.23. The molecule has 2 N–H and O–H groups in total. The van der Waals surface area contributed by atoms with Crippen LogP contribution < -0.4 is 5.73 Å². The molecule has 3 rings (SSSR count). The van der Waals surface area contributed by atoms with Crippen molar-refractivity contribution >= 4 is 0 Å². The highest BCUT2D eigenvalue weighted by atomic mass is 15.2. The van der Waals surface area contributed by atoms with Crippen molar-refractivity contribution in [2.45, 2.75) is 44.1 Å². The molecular weight excluding hydrogens is 234 g/mol. The Morgan fingerprint density at radius 3 is 2.47 bits per heavy atom. The smallest absolute Gasteiger partial charge is 0.0359 e. The maximum absolute atomic E-state index is 6.23. The molecule has 1 heterocycles. The fraction of sp³-hybridized carbons (Fsp3) is 1.00. The minimum atomic E-state index is 0.353. The van der Waals surface area contributed by atoms with Crippen LogP contribution in [0.1, 0.15) is 38.5 Å². The van der Waals surface area contributed by atoms with Crippen LogP contribution in [-0.4, -0.2) is 55.6 Å². The molecule has 0 aromatic heterocycles. The van der Waals surface area contributed by atoms with E-state index >= 15 is 0 Å². The predicted octanol–water partition coefficient (Wildman–Crippen LogP) is 1.78. The number of nitrogens with zero attached hydrogens (tertiary/aromatic N) is 2. The monoisotopic (exact) mass is 265 g/mol. The fourth-order valence-electron chi connectivity index (χ4n) is 5.10. The molecule has 0 aromatic rings. The van der Waals surface area contributed by atoms with Crippen LogP contribution in [0.3, 0.4) is 0 Å². The largest absolute Gasteiger partial charge is 0.329 e. The highest BCUT2D eigenvalue weighted by Crippen LogP contribution is 2.52. The van der Waals surface area contributed by atoms with Crippen molar-refractivity contribution in [1.29, 1.82) is 0 Å². The molecule has 2 bridgehead atoms. The number of hydrogen-bond acceptors (Lipinski definition) is 3. The van der Waals surface area contributed by atoms with E-state index in [1.807, 2.05) is 0 Å². The highest BCUT2D eigenvalue weighted by molar-refractivity contribution is 5.07. The fourth-order valence-corrected chi connectivity index (χ4v) is 5.10. The molecule has 2 saturated carbocycles. The third-order valence-corrected chi connectivity index (χ3v) is 6.43. The predicted molar refractivity (Wildman–Crippen MR) is 80.1 cm³/mol. The molecule has 19 heavy (non-hydrogen) atoms. The van der Waals surface area contributed by atoms with E-state index in [-0.39, 0.29) is 0 Å². The Morgan fingerprint density at radius 1 is 1.21 bits per heavy atom. The number of hydrogen-bond donors (Lipinski definition) is 1. The van der Waals surface area contributed by atoms with Gasteiger partial charge in [-0.15, -0.1) is 0 Å². The third kappa shape index (κ3) is 2.45. The van der Waals surface area contributed by atoms with Crippen LogP contribution >= 0.6 is 0 Å². The zero-order chi connectivity index (χ0) is 13.5. The number of rotatable bonds is 4. The number of piperidine rings is 1. The lowest BCUT2D eigenvalue weighted by Gasteiger charge is -2.46. The first-order valence-electron chi connectivity index (χ1n) is 8.24. The summed E-state index contributed by atoms with van der Waals surface area (Å²) in [6, 6.07) is 0. The molecule has 3 fully saturated rings. The molecule has 0 aromatic carbocycles. The van der Waals surface area contributed by atoms with Crippen molar-refractivity contribution in [1.82, 2.24) is 9.80 Å². The van der Waals surface area contributed by atoms with E-state index in [1.54, 1.807) is 0 Å². The van der Waals surface area contributed by atoms with Crippen molar-refractivity contribution in [3.8, 4) is 0 Å². The van der Waals surface area contributed by atoms with Crippen LogP contribution in [0.2, 0.25) is 0 Å². The van der Waals surface area contributed by atoms with Crippen LogP contribution in [0.15, 0.2) is 0 Å². The molecule has 0 radical (unpaired) electrons. The van der Waals surface area contributed by atoms with Gasteiger partial charge in [-0.2, -0.15) is 0 Å². The van der Waals surface area contributed by atoms with Crippen LogP contribution in [0.4, 0.5) is 0 Å². The Kier molecular flexibility index (Phi) is 3.89. The summed E-state index contributed by atoms with van der Waals surface area (Å²) in [5.74, 6) is 2.76. The lowest BCUT2D eigenvalue weighted by atomic mass is 9.79. The SMILES string of the molecule is CN1CCC(CN(C)C2(CN)CC3CCC2C3)CC1. The molecule has 0 amide bonds. The molecule has 1 saturated heterocycles. The maximum Gasteiger partial charge on any atom is 0.0359 e. The van der Waals surface area contributed by atoms with Crippen LogP contribution in [0, 0.1) is 17.8 Å². The zero-order valence-corrected chi connectivity index (χ0v) is 12.8. The van der Waals surface area contributed by atoms with Gasteiger partial charge < -0.3 is 10.6 Å². The summed E-state index contributed by atoms with van der Waals surface area (Å²) >= 11 is 0.